The zero-order valence-corrected chi connectivity index (χ0v) is 13.6. The van der Waals surface area contributed by atoms with E-state index < -0.39 is 11.5 Å². The predicted octanol–water partition coefficient (Wildman–Crippen LogP) is 2.48. The van der Waals surface area contributed by atoms with Crippen LogP contribution in [0.5, 0.6) is 0 Å². The summed E-state index contributed by atoms with van der Waals surface area (Å²) in [5.74, 6) is -1.34. The van der Waals surface area contributed by atoms with E-state index in [1.54, 1.807) is 18.2 Å². The van der Waals surface area contributed by atoms with Gasteiger partial charge < -0.3 is 15.7 Å². The lowest BCUT2D eigenvalue weighted by atomic mass is 9.89. The maximum Gasteiger partial charge on any atom is 0.329 e. The Morgan fingerprint density at radius 2 is 1.79 bits per heavy atom. The maximum absolute atomic E-state index is 12.6. The number of carbonyl (C=O) groups is 3. The van der Waals surface area contributed by atoms with Crippen LogP contribution in [0.1, 0.15) is 60.9 Å². The Labute approximate surface area is 140 Å². The van der Waals surface area contributed by atoms with Gasteiger partial charge in [-0.25, -0.2) is 4.79 Å². The Morgan fingerprint density at radius 3 is 2.46 bits per heavy atom. The van der Waals surface area contributed by atoms with E-state index in [-0.39, 0.29) is 11.8 Å². The van der Waals surface area contributed by atoms with Gasteiger partial charge in [0.15, 0.2) is 0 Å². The minimum Gasteiger partial charge on any atom is -0.480 e. The number of rotatable bonds is 3. The number of aliphatic carboxylic acids is 1. The van der Waals surface area contributed by atoms with Gasteiger partial charge in [-0.05, 0) is 43.0 Å². The number of nitrogens with one attached hydrogen (secondary N) is 2. The Bertz CT molecular complexity index is 676. The van der Waals surface area contributed by atoms with Crippen molar-refractivity contribution in [1.82, 2.24) is 5.32 Å². The topological polar surface area (TPSA) is 95.5 Å². The summed E-state index contributed by atoms with van der Waals surface area (Å²) in [6.07, 6.45) is 5.55. The average molecular weight is 330 g/mol. The van der Waals surface area contributed by atoms with E-state index in [4.69, 9.17) is 0 Å². The third-order valence-corrected chi connectivity index (χ3v) is 4.98. The third kappa shape index (κ3) is 3.27. The lowest BCUT2D eigenvalue weighted by molar-refractivity contribution is -0.145. The summed E-state index contributed by atoms with van der Waals surface area (Å²) < 4.78 is 0. The molecule has 128 valence electrons. The summed E-state index contributed by atoms with van der Waals surface area (Å²) in [6.45, 7) is 0. The molecule has 1 saturated carbocycles. The first kappa shape index (κ1) is 16.5. The van der Waals surface area contributed by atoms with Crippen molar-refractivity contribution in [1.29, 1.82) is 0 Å². The van der Waals surface area contributed by atoms with Crippen molar-refractivity contribution < 1.29 is 19.5 Å². The van der Waals surface area contributed by atoms with Crippen LogP contribution in [0.15, 0.2) is 18.2 Å². The molecule has 2 amide bonds. The molecule has 6 heteroatoms. The van der Waals surface area contributed by atoms with Gasteiger partial charge >= 0.3 is 5.97 Å². The van der Waals surface area contributed by atoms with E-state index in [1.165, 1.54) is 0 Å². The molecule has 2 aliphatic rings. The van der Waals surface area contributed by atoms with E-state index in [2.05, 4.69) is 10.6 Å². The molecule has 1 aliphatic carbocycles. The van der Waals surface area contributed by atoms with Crippen molar-refractivity contribution in [3.63, 3.8) is 0 Å². The minimum absolute atomic E-state index is 0.0250. The highest BCUT2D eigenvalue weighted by Gasteiger charge is 2.40. The van der Waals surface area contributed by atoms with Crippen LogP contribution < -0.4 is 10.6 Å². The van der Waals surface area contributed by atoms with Crippen LogP contribution >= 0.6 is 0 Å². The van der Waals surface area contributed by atoms with Gasteiger partial charge in [0.2, 0.25) is 5.91 Å². The quantitative estimate of drug-likeness (QED) is 0.742. The molecule has 1 aromatic carbocycles. The van der Waals surface area contributed by atoms with Gasteiger partial charge in [0.05, 0.1) is 0 Å². The van der Waals surface area contributed by atoms with Crippen LogP contribution in [0.2, 0.25) is 0 Å². The third-order valence-electron chi connectivity index (χ3n) is 4.98. The second-order valence-electron chi connectivity index (χ2n) is 6.68. The first-order chi connectivity index (χ1) is 11.5. The van der Waals surface area contributed by atoms with Crippen molar-refractivity contribution in [2.24, 2.45) is 0 Å². The average Bonchev–Trinajstić information content (AvgIpc) is 2.81. The van der Waals surface area contributed by atoms with E-state index in [9.17, 15) is 19.5 Å². The summed E-state index contributed by atoms with van der Waals surface area (Å²) >= 11 is 0. The number of hydrogen-bond acceptors (Lipinski definition) is 3. The molecule has 0 spiro atoms. The Kier molecular flexibility index (Phi) is 4.55. The highest BCUT2D eigenvalue weighted by atomic mass is 16.4. The Morgan fingerprint density at radius 1 is 1.08 bits per heavy atom. The molecule has 3 rings (SSSR count). The number of carbonyl (C=O) groups excluding carboxylic acids is 2. The number of carboxylic acids is 1. The molecule has 1 fully saturated rings. The van der Waals surface area contributed by atoms with Crippen LogP contribution in [0, 0.1) is 0 Å². The number of anilines is 1. The number of hydrogen-bond donors (Lipinski definition) is 3. The molecule has 0 bridgehead atoms. The van der Waals surface area contributed by atoms with Crippen molar-refractivity contribution in [3.05, 3.63) is 29.3 Å². The highest BCUT2D eigenvalue weighted by Crippen LogP contribution is 2.29. The van der Waals surface area contributed by atoms with Crippen LogP contribution in [0.3, 0.4) is 0 Å². The normalized spacial score (nSPS) is 19.6. The van der Waals surface area contributed by atoms with Gasteiger partial charge in [0.25, 0.3) is 5.91 Å². The second kappa shape index (κ2) is 6.63. The molecule has 0 aromatic heterocycles. The number of amides is 2. The lowest BCUT2D eigenvalue weighted by Crippen LogP contribution is -2.54. The van der Waals surface area contributed by atoms with E-state index >= 15 is 0 Å². The molecule has 0 radical (unpaired) electrons. The number of fused-ring (bicyclic) bond motifs is 1. The molecular weight excluding hydrogens is 308 g/mol. The Hall–Kier alpha value is -2.37. The fourth-order valence-corrected chi connectivity index (χ4v) is 3.54. The van der Waals surface area contributed by atoms with Gasteiger partial charge in [-0.15, -0.1) is 0 Å². The first-order valence-electron chi connectivity index (χ1n) is 8.49. The van der Waals surface area contributed by atoms with Gasteiger partial charge in [0.1, 0.15) is 5.54 Å². The molecule has 0 atom stereocenters. The molecule has 3 N–H and O–H groups in total. The van der Waals surface area contributed by atoms with Gasteiger partial charge in [-0.2, -0.15) is 0 Å². The van der Waals surface area contributed by atoms with E-state index in [0.29, 0.717) is 31.2 Å². The molecule has 24 heavy (non-hydrogen) atoms. The highest BCUT2D eigenvalue weighted by molar-refractivity contribution is 6.00. The summed E-state index contributed by atoms with van der Waals surface area (Å²) in [5.41, 5.74) is 0.907. The first-order valence-corrected chi connectivity index (χ1v) is 8.49. The number of carboxylic acid groups (broad SMARTS) is 1. The summed E-state index contributed by atoms with van der Waals surface area (Å²) in [7, 11) is 0. The molecule has 0 saturated heterocycles. The van der Waals surface area contributed by atoms with Crippen molar-refractivity contribution in [2.75, 3.05) is 5.32 Å². The fourth-order valence-electron chi connectivity index (χ4n) is 3.54. The summed E-state index contributed by atoms with van der Waals surface area (Å²) in [6, 6.07) is 5.09. The van der Waals surface area contributed by atoms with Crippen molar-refractivity contribution in [3.8, 4) is 0 Å². The molecular formula is C18H22N2O4. The molecule has 0 unspecified atom stereocenters. The molecule has 1 heterocycles. The van der Waals surface area contributed by atoms with Crippen LogP contribution in [-0.2, 0) is 16.0 Å². The van der Waals surface area contributed by atoms with Gasteiger partial charge in [-0.1, -0.05) is 25.7 Å². The van der Waals surface area contributed by atoms with Crippen LogP contribution in [0.4, 0.5) is 5.69 Å². The van der Waals surface area contributed by atoms with E-state index in [1.807, 2.05) is 0 Å². The minimum atomic E-state index is -1.17. The van der Waals surface area contributed by atoms with Crippen LogP contribution in [-0.4, -0.2) is 28.4 Å². The monoisotopic (exact) mass is 330 g/mol. The standard InChI is InChI=1S/C18H22N2O4/c21-15-8-6-12-11-13(5-7-14(12)19-15)16(22)20-18(17(23)24)9-3-1-2-4-10-18/h5,7,11H,1-4,6,8-10H2,(H,19,21)(H,20,22)(H,23,24). The maximum atomic E-state index is 12.6. The van der Waals surface area contributed by atoms with Gasteiger partial charge in [0, 0.05) is 17.7 Å². The zero-order chi connectivity index (χ0) is 17.2. The molecule has 1 aliphatic heterocycles. The SMILES string of the molecule is O=C1CCc2cc(C(=O)NC3(C(=O)O)CCCCCC3)ccc2N1. The number of aryl methyl sites for hydroxylation is 1. The largest absolute Gasteiger partial charge is 0.480 e. The molecule has 6 nitrogen and oxygen atoms in total. The van der Waals surface area contributed by atoms with Crippen molar-refractivity contribution >= 4 is 23.5 Å². The molecule has 1 aromatic rings. The lowest BCUT2D eigenvalue weighted by Gasteiger charge is -2.29. The zero-order valence-electron chi connectivity index (χ0n) is 13.6. The summed E-state index contributed by atoms with van der Waals surface area (Å²) in [5, 5.41) is 15.2. The number of benzene rings is 1. The Balaban J connectivity index is 1.80. The summed E-state index contributed by atoms with van der Waals surface area (Å²) in [4.78, 5) is 35.8. The second-order valence-corrected chi connectivity index (χ2v) is 6.68. The predicted molar refractivity (Wildman–Crippen MR) is 88.9 cm³/mol. The van der Waals surface area contributed by atoms with E-state index in [0.717, 1.165) is 36.9 Å². The fraction of sp³-hybridized carbons (Fsp3) is 0.500. The van der Waals surface area contributed by atoms with Gasteiger partial charge in [-0.3, -0.25) is 9.59 Å². The van der Waals surface area contributed by atoms with Crippen LogP contribution in [0.25, 0.3) is 0 Å². The smallest absolute Gasteiger partial charge is 0.329 e. The van der Waals surface area contributed by atoms with Crippen molar-refractivity contribution in [2.45, 2.75) is 56.9 Å².